The number of rotatable bonds is 5. The van der Waals surface area contributed by atoms with Gasteiger partial charge < -0.3 is 4.57 Å². The standard InChI is InChI=1S/C18H20Cl2N4/c1-4-6-11(3)24-15(5-2)23-17-16(21-10-22-18(17)24)13-8-7-12(19)9-14(13)20/h7-11H,4-6H2,1-3H3. The third-order valence-corrected chi connectivity index (χ3v) is 4.75. The van der Waals surface area contributed by atoms with E-state index in [2.05, 4.69) is 35.3 Å². The van der Waals surface area contributed by atoms with Crippen LogP contribution in [0.1, 0.15) is 45.5 Å². The van der Waals surface area contributed by atoms with E-state index in [1.807, 2.05) is 12.1 Å². The number of aromatic nitrogens is 4. The fraction of sp³-hybridized carbons (Fsp3) is 0.389. The Morgan fingerprint density at radius 1 is 1.17 bits per heavy atom. The minimum absolute atomic E-state index is 0.346. The van der Waals surface area contributed by atoms with Crippen LogP contribution in [0.3, 0.4) is 0 Å². The third kappa shape index (κ3) is 3.01. The summed E-state index contributed by atoms with van der Waals surface area (Å²) < 4.78 is 2.23. The summed E-state index contributed by atoms with van der Waals surface area (Å²) in [7, 11) is 0. The Kier molecular flexibility index (Phi) is 5.07. The van der Waals surface area contributed by atoms with Crippen molar-refractivity contribution in [2.75, 3.05) is 0 Å². The molecule has 0 fully saturated rings. The van der Waals surface area contributed by atoms with E-state index in [1.165, 1.54) is 0 Å². The first-order valence-corrected chi connectivity index (χ1v) is 8.99. The maximum absolute atomic E-state index is 6.38. The second kappa shape index (κ2) is 7.08. The fourth-order valence-electron chi connectivity index (χ4n) is 3.09. The summed E-state index contributed by atoms with van der Waals surface area (Å²) in [6.45, 7) is 6.51. The molecule has 6 heteroatoms. The number of fused-ring (bicyclic) bond motifs is 1. The molecule has 0 aliphatic rings. The van der Waals surface area contributed by atoms with Gasteiger partial charge in [0, 0.05) is 23.0 Å². The lowest BCUT2D eigenvalue weighted by atomic mass is 10.1. The number of imidazole rings is 1. The van der Waals surface area contributed by atoms with Crippen LogP contribution in [0, 0.1) is 0 Å². The van der Waals surface area contributed by atoms with E-state index in [0.29, 0.717) is 16.1 Å². The zero-order valence-electron chi connectivity index (χ0n) is 14.1. The lowest BCUT2D eigenvalue weighted by molar-refractivity contribution is 0.493. The molecule has 1 unspecified atom stereocenters. The molecule has 0 radical (unpaired) electrons. The number of benzene rings is 1. The molecule has 0 aliphatic carbocycles. The highest BCUT2D eigenvalue weighted by atomic mass is 35.5. The summed E-state index contributed by atoms with van der Waals surface area (Å²) in [6.07, 6.45) is 4.63. The lowest BCUT2D eigenvalue weighted by Gasteiger charge is -2.15. The highest BCUT2D eigenvalue weighted by Gasteiger charge is 2.20. The average Bonchev–Trinajstić information content (AvgIpc) is 2.94. The molecule has 0 amide bonds. The predicted octanol–water partition coefficient (Wildman–Crippen LogP) is 5.72. The van der Waals surface area contributed by atoms with Gasteiger partial charge >= 0.3 is 0 Å². The largest absolute Gasteiger partial charge is 0.310 e. The van der Waals surface area contributed by atoms with Crippen molar-refractivity contribution in [1.29, 1.82) is 0 Å². The van der Waals surface area contributed by atoms with E-state index in [-0.39, 0.29) is 0 Å². The molecule has 1 aromatic carbocycles. The summed E-state index contributed by atoms with van der Waals surface area (Å²) in [5.41, 5.74) is 3.23. The highest BCUT2D eigenvalue weighted by Crippen LogP contribution is 2.34. The van der Waals surface area contributed by atoms with Gasteiger partial charge in [0.15, 0.2) is 5.65 Å². The molecule has 1 atom stereocenters. The first kappa shape index (κ1) is 17.2. The zero-order valence-corrected chi connectivity index (χ0v) is 15.6. The van der Waals surface area contributed by atoms with Gasteiger partial charge in [-0.1, -0.05) is 43.5 Å². The smallest absolute Gasteiger partial charge is 0.164 e. The monoisotopic (exact) mass is 362 g/mol. The second-order valence-electron chi connectivity index (χ2n) is 5.91. The first-order chi connectivity index (χ1) is 11.6. The SMILES string of the molecule is CCCC(C)n1c(CC)nc2c(-c3ccc(Cl)cc3Cl)ncnc21. The Hall–Kier alpha value is -1.65. The molecular formula is C18H20Cl2N4. The van der Waals surface area contributed by atoms with Gasteiger partial charge in [-0.25, -0.2) is 15.0 Å². The maximum atomic E-state index is 6.38. The minimum atomic E-state index is 0.346. The van der Waals surface area contributed by atoms with Crippen LogP contribution in [-0.4, -0.2) is 19.5 Å². The van der Waals surface area contributed by atoms with E-state index in [4.69, 9.17) is 28.2 Å². The van der Waals surface area contributed by atoms with Gasteiger partial charge in [0.05, 0.1) is 5.02 Å². The molecule has 24 heavy (non-hydrogen) atoms. The Morgan fingerprint density at radius 3 is 2.62 bits per heavy atom. The van der Waals surface area contributed by atoms with Crippen molar-refractivity contribution in [2.45, 2.75) is 46.1 Å². The topological polar surface area (TPSA) is 43.6 Å². The molecule has 4 nitrogen and oxygen atoms in total. The van der Waals surface area contributed by atoms with E-state index < -0.39 is 0 Å². The van der Waals surface area contributed by atoms with Crippen LogP contribution >= 0.6 is 23.2 Å². The molecule has 3 aromatic rings. The number of hydrogen-bond acceptors (Lipinski definition) is 3. The van der Waals surface area contributed by atoms with Crippen molar-refractivity contribution in [3.63, 3.8) is 0 Å². The van der Waals surface area contributed by atoms with Gasteiger partial charge in [0.2, 0.25) is 0 Å². The van der Waals surface area contributed by atoms with Gasteiger partial charge in [-0.15, -0.1) is 0 Å². The second-order valence-corrected chi connectivity index (χ2v) is 6.75. The van der Waals surface area contributed by atoms with Crippen LogP contribution in [0.15, 0.2) is 24.5 Å². The lowest BCUT2D eigenvalue weighted by Crippen LogP contribution is -2.09. The number of aryl methyl sites for hydroxylation is 1. The molecule has 0 saturated carbocycles. The van der Waals surface area contributed by atoms with Crippen LogP contribution in [-0.2, 0) is 6.42 Å². The van der Waals surface area contributed by atoms with Crippen molar-refractivity contribution >= 4 is 34.4 Å². The molecular weight excluding hydrogens is 343 g/mol. The number of nitrogens with zero attached hydrogens (tertiary/aromatic N) is 4. The molecule has 0 N–H and O–H groups in total. The van der Waals surface area contributed by atoms with Crippen molar-refractivity contribution in [1.82, 2.24) is 19.5 Å². The summed E-state index contributed by atoms with van der Waals surface area (Å²) in [5, 5.41) is 1.17. The number of halogens is 2. The normalized spacial score (nSPS) is 12.7. The Labute approximate surface area is 151 Å². The highest BCUT2D eigenvalue weighted by molar-refractivity contribution is 6.36. The molecule has 2 heterocycles. The quantitative estimate of drug-likeness (QED) is 0.582. The van der Waals surface area contributed by atoms with Crippen LogP contribution in [0.5, 0.6) is 0 Å². The molecule has 0 saturated heterocycles. The van der Waals surface area contributed by atoms with E-state index in [0.717, 1.165) is 47.5 Å². The summed E-state index contributed by atoms with van der Waals surface area (Å²) >= 11 is 12.4. The molecule has 3 rings (SSSR count). The molecule has 0 aliphatic heterocycles. The molecule has 126 valence electrons. The average molecular weight is 363 g/mol. The van der Waals surface area contributed by atoms with E-state index in [1.54, 1.807) is 12.4 Å². The van der Waals surface area contributed by atoms with E-state index >= 15 is 0 Å². The fourth-order valence-corrected chi connectivity index (χ4v) is 3.59. The van der Waals surface area contributed by atoms with E-state index in [9.17, 15) is 0 Å². The minimum Gasteiger partial charge on any atom is -0.310 e. The van der Waals surface area contributed by atoms with Gasteiger partial charge in [0.25, 0.3) is 0 Å². The van der Waals surface area contributed by atoms with Crippen molar-refractivity contribution in [3.05, 3.63) is 40.4 Å². The summed E-state index contributed by atoms with van der Waals surface area (Å²) in [5.74, 6) is 1.03. The van der Waals surface area contributed by atoms with Crippen LogP contribution in [0.4, 0.5) is 0 Å². The number of hydrogen-bond donors (Lipinski definition) is 0. The maximum Gasteiger partial charge on any atom is 0.164 e. The van der Waals surface area contributed by atoms with Gasteiger partial charge in [-0.3, -0.25) is 0 Å². The Morgan fingerprint density at radius 2 is 1.96 bits per heavy atom. The third-order valence-electron chi connectivity index (χ3n) is 4.20. The molecule has 0 bridgehead atoms. The predicted molar refractivity (Wildman–Crippen MR) is 99.8 cm³/mol. The van der Waals surface area contributed by atoms with Gasteiger partial charge in [0.1, 0.15) is 23.4 Å². The summed E-state index contributed by atoms with van der Waals surface area (Å²) in [6, 6.07) is 5.77. The van der Waals surface area contributed by atoms with Crippen molar-refractivity contribution < 1.29 is 0 Å². The van der Waals surface area contributed by atoms with Crippen LogP contribution in [0.25, 0.3) is 22.4 Å². The Bertz CT molecular complexity index is 873. The van der Waals surface area contributed by atoms with Gasteiger partial charge in [-0.05, 0) is 31.5 Å². The summed E-state index contributed by atoms with van der Waals surface area (Å²) in [4.78, 5) is 13.8. The zero-order chi connectivity index (χ0) is 17.3. The van der Waals surface area contributed by atoms with Crippen LogP contribution < -0.4 is 0 Å². The van der Waals surface area contributed by atoms with Crippen LogP contribution in [0.2, 0.25) is 10.0 Å². The Balaban J connectivity index is 2.24. The first-order valence-electron chi connectivity index (χ1n) is 8.24. The van der Waals surface area contributed by atoms with Crippen molar-refractivity contribution in [3.8, 4) is 11.3 Å². The van der Waals surface area contributed by atoms with Gasteiger partial charge in [-0.2, -0.15) is 0 Å². The molecule has 2 aromatic heterocycles. The van der Waals surface area contributed by atoms with Crippen molar-refractivity contribution in [2.24, 2.45) is 0 Å². The molecule has 0 spiro atoms.